The van der Waals surface area contributed by atoms with Crippen molar-refractivity contribution in [3.05, 3.63) is 46.8 Å². The molecule has 0 aliphatic carbocycles. The molecular formula is C19H25N3O3. The first kappa shape index (κ1) is 17.3. The Bertz CT molecular complexity index is 722. The van der Waals surface area contributed by atoms with E-state index < -0.39 is 0 Å². The Labute approximate surface area is 147 Å². The quantitative estimate of drug-likeness (QED) is 0.869. The standard InChI is InChI=1S/C19H25N3O3/c1-4-16(18-12(2)22-25-13(18)3)21-19(23)20-11-14-9-10-24-17-8-6-5-7-15(14)17/h5-8,14,16H,4,9-11H2,1-3H3,(H2,20,21,23)/t14-,16+/m0/s1. The number of fused-ring (bicyclic) bond motifs is 1. The van der Waals surface area contributed by atoms with Gasteiger partial charge in [0.2, 0.25) is 0 Å². The van der Waals surface area contributed by atoms with Crippen LogP contribution in [0.25, 0.3) is 0 Å². The number of benzene rings is 1. The van der Waals surface area contributed by atoms with Gasteiger partial charge < -0.3 is 19.9 Å². The number of urea groups is 1. The van der Waals surface area contributed by atoms with Gasteiger partial charge in [-0.25, -0.2) is 4.79 Å². The van der Waals surface area contributed by atoms with Crippen molar-refractivity contribution in [3.8, 4) is 5.75 Å². The van der Waals surface area contributed by atoms with Gasteiger partial charge in [0.15, 0.2) is 0 Å². The van der Waals surface area contributed by atoms with E-state index in [0.29, 0.717) is 13.2 Å². The van der Waals surface area contributed by atoms with Crippen LogP contribution in [0.3, 0.4) is 0 Å². The average molecular weight is 343 g/mol. The van der Waals surface area contributed by atoms with Gasteiger partial charge in [0.25, 0.3) is 0 Å². The van der Waals surface area contributed by atoms with Crippen LogP contribution in [-0.2, 0) is 0 Å². The van der Waals surface area contributed by atoms with E-state index in [2.05, 4.69) is 21.9 Å². The molecule has 1 aliphatic heterocycles. The van der Waals surface area contributed by atoms with Gasteiger partial charge in [-0.15, -0.1) is 0 Å². The predicted molar refractivity (Wildman–Crippen MR) is 94.8 cm³/mol. The first-order valence-corrected chi connectivity index (χ1v) is 8.79. The van der Waals surface area contributed by atoms with Crippen molar-refractivity contribution >= 4 is 6.03 Å². The summed E-state index contributed by atoms with van der Waals surface area (Å²) in [6.07, 6.45) is 1.68. The lowest BCUT2D eigenvalue weighted by atomic mass is 9.93. The summed E-state index contributed by atoms with van der Waals surface area (Å²) in [6.45, 7) is 7.07. The molecule has 2 N–H and O–H groups in total. The van der Waals surface area contributed by atoms with Crippen LogP contribution in [0.2, 0.25) is 0 Å². The van der Waals surface area contributed by atoms with E-state index >= 15 is 0 Å². The fourth-order valence-electron chi connectivity index (χ4n) is 3.42. The van der Waals surface area contributed by atoms with Gasteiger partial charge in [-0.05, 0) is 38.3 Å². The van der Waals surface area contributed by atoms with Crippen LogP contribution >= 0.6 is 0 Å². The molecule has 0 fully saturated rings. The van der Waals surface area contributed by atoms with Crippen LogP contribution in [-0.4, -0.2) is 24.3 Å². The van der Waals surface area contributed by atoms with E-state index in [-0.39, 0.29) is 18.0 Å². The molecule has 0 unspecified atom stereocenters. The average Bonchev–Trinajstić information content (AvgIpc) is 2.96. The van der Waals surface area contributed by atoms with Crippen LogP contribution in [0, 0.1) is 13.8 Å². The molecule has 0 spiro atoms. The largest absolute Gasteiger partial charge is 0.493 e. The number of carbonyl (C=O) groups is 1. The normalized spacial score (nSPS) is 17.3. The molecule has 0 bridgehead atoms. The summed E-state index contributed by atoms with van der Waals surface area (Å²) in [5.41, 5.74) is 2.95. The molecule has 1 aromatic heterocycles. The Hall–Kier alpha value is -2.50. The van der Waals surface area contributed by atoms with Crippen molar-refractivity contribution in [2.75, 3.05) is 13.2 Å². The predicted octanol–water partition coefficient (Wildman–Crippen LogP) is 3.61. The summed E-state index contributed by atoms with van der Waals surface area (Å²) in [6, 6.07) is 7.75. The molecule has 6 nitrogen and oxygen atoms in total. The summed E-state index contributed by atoms with van der Waals surface area (Å²) < 4.78 is 10.9. The maximum Gasteiger partial charge on any atom is 0.315 e. The van der Waals surface area contributed by atoms with Crippen LogP contribution in [0.1, 0.15) is 54.3 Å². The van der Waals surface area contributed by atoms with Gasteiger partial charge in [0, 0.05) is 18.0 Å². The fraction of sp³-hybridized carbons (Fsp3) is 0.474. The second-order valence-electron chi connectivity index (χ2n) is 6.42. The van der Waals surface area contributed by atoms with E-state index in [4.69, 9.17) is 9.26 Å². The number of aryl methyl sites for hydroxylation is 2. The number of hydrogen-bond acceptors (Lipinski definition) is 4. The monoisotopic (exact) mass is 343 g/mol. The molecule has 0 saturated heterocycles. The van der Waals surface area contributed by atoms with Crippen LogP contribution in [0.15, 0.2) is 28.8 Å². The molecule has 3 rings (SSSR count). The van der Waals surface area contributed by atoms with Crippen LogP contribution < -0.4 is 15.4 Å². The topological polar surface area (TPSA) is 76.4 Å². The molecule has 2 amide bonds. The van der Waals surface area contributed by atoms with E-state index in [1.54, 1.807) is 0 Å². The van der Waals surface area contributed by atoms with E-state index in [1.165, 1.54) is 0 Å². The highest BCUT2D eigenvalue weighted by Crippen LogP contribution is 2.32. The summed E-state index contributed by atoms with van der Waals surface area (Å²) in [7, 11) is 0. The number of amides is 2. The van der Waals surface area contributed by atoms with Crippen molar-refractivity contribution in [2.24, 2.45) is 0 Å². The first-order chi connectivity index (χ1) is 12.1. The molecule has 0 saturated carbocycles. The molecule has 1 aromatic carbocycles. The van der Waals surface area contributed by atoms with Crippen molar-refractivity contribution in [3.63, 3.8) is 0 Å². The Morgan fingerprint density at radius 1 is 1.36 bits per heavy atom. The number of nitrogens with zero attached hydrogens (tertiary/aromatic N) is 1. The molecule has 134 valence electrons. The van der Waals surface area contributed by atoms with Gasteiger partial charge in [-0.2, -0.15) is 0 Å². The fourth-order valence-corrected chi connectivity index (χ4v) is 3.42. The number of hydrogen-bond donors (Lipinski definition) is 2. The van der Waals surface area contributed by atoms with E-state index in [0.717, 1.165) is 41.2 Å². The summed E-state index contributed by atoms with van der Waals surface area (Å²) >= 11 is 0. The highest BCUT2D eigenvalue weighted by Gasteiger charge is 2.23. The minimum Gasteiger partial charge on any atom is -0.493 e. The van der Waals surface area contributed by atoms with Gasteiger partial charge >= 0.3 is 6.03 Å². The van der Waals surface area contributed by atoms with Crippen molar-refractivity contribution in [2.45, 2.75) is 45.6 Å². The molecule has 0 radical (unpaired) electrons. The Morgan fingerprint density at radius 3 is 2.88 bits per heavy atom. The molecule has 6 heteroatoms. The number of para-hydroxylation sites is 1. The third kappa shape index (κ3) is 3.78. The number of ether oxygens (including phenoxy) is 1. The third-order valence-electron chi connectivity index (χ3n) is 4.74. The summed E-state index contributed by atoms with van der Waals surface area (Å²) in [5.74, 6) is 1.95. The Kier molecular flexibility index (Phi) is 5.26. The molecule has 2 heterocycles. The van der Waals surface area contributed by atoms with Gasteiger partial charge in [-0.3, -0.25) is 0 Å². The lowest BCUT2D eigenvalue weighted by Crippen LogP contribution is -2.40. The van der Waals surface area contributed by atoms with Gasteiger partial charge in [-0.1, -0.05) is 30.3 Å². The molecule has 25 heavy (non-hydrogen) atoms. The Morgan fingerprint density at radius 2 is 2.16 bits per heavy atom. The third-order valence-corrected chi connectivity index (χ3v) is 4.74. The highest BCUT2D eigenvalue weighted by molar-refractivity contribution is 5.74. The molecular weight excluding hydrogens is 318 g/mol. The van der Waals surface area contributed by atoms with Crippen LogP contribution in [0.4, 0.5) is 4.79 Å². The van der Waals surface area contributed by atoms with Gasteiger partial charge in [0.05, 0.1) is 18.3 Å². The number of aromatic nitrogens is 1. The maximum atomic E-state index is 12.4. The van der Waals surface area contributed by atoms with Crippen molar-refractivity contribution in [1.29, 1.82) is 0 Å². The first-order valence-electron chi connectivity index (χ1n) is 8.79. The van der Waals surface area contributed by atoms with E-state index in [9.17, 15) is 4.79 Å². The second-order valence-corrected chi connectivity index (χ2v) is 6.42. The minimum absolute atomic E-state index is 0.103. The SMILES string of the molecule is CC[C@@H](NC(=O)NC[C@@H]1CCOc2ccccc21)c1c(C)noc1C. The Balaban J connectivity index is 1.60. The summed E-state index contributed by atoms with van der Waals surface area (Å²) in [5, 5.41) is 10.0. The number of carbonyl (C=O) groups excluding carboxylic acids is 1. The minimum atomic E-state index is -0.171. The van der Waals surface area contributed by atoms with Gasteiger partial charge in [0.1, 0.15) is 11.5 Å². The maximum absolute atomic E-state index is 12.4. The molecule has 2 aromatic rings. The second kappa shape index (κ2) is 7.59. The lowest BCUT2D eigenvalue weighted by molar-refractivity contribution is 0.231. The molecule has 2 atom stereocenters. The van der Waals surface area contributed by atoms with Crippen molar-refractivity contribution in [1.82, 2.24) is 15.8 Å². The lowest BCUT2D eigenvalue weighted by Gasteiger charge is -2.26. The van der Waals surface area contributed by atoms with Crippen LogP contribution in [0.5, 0.6) is 5.75 Å². The highest BCUT2D eigenvalue weighted by atomic mass is 16.5. The zero-order chi connectivity index (χ0) is 17.8. The zero-order valence-electron chi connectivity index (χ0n) is 15.0. The van der Waals surface area contributed by atoms with E-state index in [1.807, 2.05) is 39.0 Å². The zero-order valence-corrected chi connectivity index (χ0v) is 15.0. The smallest absolute Gasteiger partial charge is 0.315 e. The number of rotatable bonds is 5. The summed E-state index contributed by atoms with van der Waals surface area (Å²) in [4.78, 5) is 12.4. The number of nitrogens with one attached hydrogen (secondary N) is 2. The van der Waals surface area contributed by atoms with Crippen molar-refractivity contribution < 1.29 is 14.1 Å². The molecule has 1 aliphatic rings.